The third-order valence-electron chi connectivity index (χ3n) is 1.54. The number of hydrogen-bond acceptors (Lipinski definition) is 3. The average molecular weight is 229 g/mol. The predicted octanol–water partition coefficient (Wildman–Crippen LogP) is -2.51. The third kappa shape index (κ3) is 4.69. The molecule has 5 heteroatoms. The molecule has 15 heavy (non-hydrogen) atoms. The molecule has 1 rings (SSSR count). The average Bonchev–Trinajstić information content (AvgIpc) is 2.15. The number of carbonyl (C=O) groups is 1. The number of carboxylic acid groups (broad SMARTS) is 1. The van der Waals surface area contributed by atoms with Crippen LogP contribution in [-0.2, 0) is 4.79 Å². The van der Waals surface area contributed by atoms with Crippen LogP contribution in [0.4, 0.5) is 4.39 Å². The van der Waals surface area contributed by atoms with E-state index >= 15 is 0 Å². The van der Waals surface area contributed by atoms with Gasteiger partial charge in [0.1, 0.15) is 5.82 Å². The van der Waals surface area contributed by atoms with Crippen molar-refractivity contribution in [3.05, 3.63) is 41.7 Å². The van der Waals surface area contributed by atoms with Crippen molar-refractivity contribution in [3.63, 3.8) is 0 Å². The Morgan fingerprint density at radius 2 is 1.93 bits per heavy atom. The van der Waals surface area contributed by atoms with Gasteiger partial charge in [0.15, 0.2) is 0 Å². The number of rotatable bonds is 2. The minimum atomic E-state index is -1.45. The van der Waals surface area contributed by atoms with Gasteiger partial charge in [-0.2, -0.15) is 5.26 Å². The van der Waals surface area contributed by atoms with Crippen LogP contribution in [0.15, 0.2) is 30.3 Å². The quantitative estimate of drug-likeness (QED) is 0.319. The van der Waals surface area contributed by atoms with Crippen molar-refractivity contribution < 1.29 is 65.7 Å². The summed E-state index contributed by atoms with van der Waals surface area (Å²) in [5.74, 6) is -1.90. The van der Waals surface area contributed by atoms with Crippen molar-refractivity contribution in [1.29, 1.82) is 5.26 Å². The maximum atomic E-state index is 12.5. The number of carboxylic acids is 1. The molecule has 0 bridgehead atoms. The Morgan fingerprint density at radius 3 is 2.33 bits per heavy atom. The van der Waals surface area contributed by atoms with Gasteiger partial charge in [-0.1, -0.05) is 12.1 Å². The van der Waals surface area contributed by atoms with Crippen LogP contribution in [0.1, 0.15) is 5.56 Å². The number of halogens is 1. The predicted molar refractivity (Wildman–Crippen MR) is 45.0 cm³/mol. The van der Waals surface area contributed by atoms with Gasteiger partial charge in [0.05, 0.1) is 17.6 Å². The smallest absolute Gasteiger partial charge is 0.545 e. The SMILES string of the molecule is N#C/C(=C\C(=O)[O-])c1ccc(F)cc1.[K+]. The number of carbonyl (C=O) groups excluding carboxylic acids is 1. The van der Waals surface area contributed by atoms with Crippen LogP contribution in [0.25, 0.3) is 5.57 Å². The molecule has 1 aromatic rings. The molecule has 1 aromatic carbocycles. The van der Waals surface area contributed by atoms with Gasteiger partial charge in [-0.3, -0.25) is 0 Å². The van der Waals surface area contributed by atoms with Gasteiger partial charge in [0.2, 0.25) is 0 Å². The molecule has 0 spiro atoms. The number of benzene rings is 1. The summed E-state index contributed by atoms with van der Waals surface area (Å²) in [5, 5.41) is 18.8. The van der Waals surface area contributed by atoms with Gasteiger partial charge in [-0.05, 0) is 23.8 Å². The number of allylic oxidation sites excluding steroid dienone is 1. The molecule has 0 radical (unpaired) electrons. The Morgan fingerprint density at radius 1 is 1.40 bits per heavy atom. The second kappa shape index (κ2) is 6.88. The summed E-state index contributed by atoms with van der Waals surface area (Å²) in [6.45, 7) is 0. The van der Waals surface area contributed by atoms with Crippen molar-refractivity contribution in [2.75, 3.05) is 0 Å². The Hall–Kier alpha value is -0.514. The Labute approximate surface area is 129 Å². The van der Waals surface area contributed by atoms with E-state index in [4.69, 9.17) is 5.26 Å². The number of aliphatic carboxylic acids is 1. The fraction of sp³-hybridized carbons (Fsp3) is 0. The van der Waals surface area contributed by atoms with Crippen LogP contribution in [0.3, 0.4) is 0 Å². The molecule has 3 nitrogen and oxygen atoms in total. The Balaban J connectivity index is 0.00000196. The normalized spacial score (nSPS) is 10.0. The second-order valence-electron chi connectivity index (χ2n) is 2.50. The molecule has 0 amide bonds. The van der Waals surface area contributed by atoms with Crippen molar-refractivity contribution in [2.45, 2.75) is 0 Å². The Kier molecular flexibility index (Phi) is 6.64. The molecular weight excluding hydrogens is 224 g/mol. The third-order valence-corrected chi connectivity index (χ3v) is 1.54. The summed E-state index contributed by atoms with van der Waals surface area (Å²) >= 11 is 0. The van der Waals surface area contributed by atoms with E-state index in [2.05, 4.69) is 0 Å². The second-order valence-corrected chi connectivity index (χ2v) is 2.50. The number of nitrogens with zero attached hydrogens (tertiary/aromatic N) is 1. The molecule has 70 valence electrons. The van der Waals surface area contributed by atoms with Gasteiger partial charge in [0, 0.05) is 0 Å². The minimum absolute atomic E-state index is 0. The van der Waals surface area contributed by atoms with E-state index in [1.54, 1.807) is 6.07 Å². The van der Waals surface area contributed by atoms with Gasteiger partial charge in [-0.15, -0.1) is 0 Å². The van der Waals surface area contributed by atoms with Crippen LogP contribution in [0.2, 0.25) is 0 Å². The molecule has 0 aliphatic carbocycles. The molecule has 0 atom stereocenters. The molecular formula is C10H5FKNO2. The standard InChI is InChI=1S/C10H6FNO2.K/c11-9-3-1-7(2-4-9)8(6-12)5-10(13)14;/h1-5H,(H,13,14);/q;+1/p-1/b8-5+;. The minimum Gasteiger partial charge on any atom is -0.545 e. The summed E-state index contributed by atoms with van der Waals surface area (Å²) in [6.07, 6.45) is 0.674. The first kappa shape index (κ1) is 14.5. The Bertz CT molecular complexity index is 420. The number of hydrogen-bond donors (Lipinski definition) is 0. The first-order valence-corrected chi connectivity index (χ1v) is 3.72. The van der Waals surface area contributed by atoms with E-state index in [9.17, 15) is 14.3 Å². The zero-order valence-corrected chi connectivity index (χ0v) is 11.2. The van der Waals surface area contributed by atoms with Crippen molar-refractivity contribution in [2.24, 2.45) is 0 Å². The van der Waals surface area contributed by atoms with Crippen LogP contribution in [-0.4, -0.2) is 5.97 Å². The van der Waals surface area contributed by atoms with Gasteiger partial charge in [0.25, 0.3) is 0 Å². The molecule has 0 unspecified atom stereocenters. The van der Waals surface area contributed by atoms with Crippen LogP contribution in [0, 0.1) is 17.1 Å². The molecule has 0 saturated heterocycles. The molecule has 0 heterocycles. The monoisotopic (exact) mass is 229 g/mol. The molecule has 0 saturated carbocycles. The zero-order valence-electron chi connectivity index (χ0n) is 8.03. The van der Waals surface area contributed by atoms with Crippen molar-refractivity contribution in [1.82, 2.24) is 0 Å². The van der Waals surface area contributed by atoms with E-state index in [1.807, 2.05) is 0 Å². The zero-order chi connectivity index (χ0) is 10.6. The van der Waals surface area contributed by atoms with E-state index in [-0.39, 0.29) is 57.0 Å². The topological polar surface area (TPSA) is 63.9 Å². The van der Waals surface area contributed by atoms with Gasteiger partial charge < -0.3 is 9.90 Å². The van der Waals surface area contributed by atoms with Crippen molar-refractivity contribution in [3.8, 4) is 6.07 Å². The summed E-state index contributed by atoms with van der Waals surface area (Å²) in [7, 11) is 0. The molecule has 0 aromatic heterocycles. The van der Waals surface area contributed by atoms with Crippen LogP contribution in [0.5, 0.6) is 0 Å². The molecule has 0 fully saturated rings. The van der Waals surface area contributed by atoms with Crippen LogP contribution >= 0.6 is 0 Å². The van der Waals surface area contributed by atoms with Crippen molar-refractivity contribution >= 4 is 11.5 Å². The summed E-state index contributed by atoms with van der Waals surface area (Å²) in [6, 6.07) is 6.64. The fourth-order valence-corrected chi connectivity index (χ4v) is 0.927. The van der Waals surface area contributed by atoms with Gasteiger partial charge >= 0.3 is 51.4 Å². The molecule has 0 N–H and O–H groups in total. The molecule has 0 aliphatic heterocycles. The maximum absolute atomic E-state index is 12.5. The van der Waals surface area contributed by atoms with E-state index < -0.39 is 11.8 Å². The first-order valence-electron chi connectivity index (χ1n) is 3.72. The maximum Gasteiger partial charge on any atom is 1.00 e. The fourth-order valence-electron chi connectivity index (χ4n) is 0.927. The molecule has 0 aliphatic rings. The first-order chi connectivity index (χ1) is 6.63. The van der Waals surface area contributed by atoms with Crippen LogP contribution < -0.4 is 56.5 Å². The number of nitriles is 1. The van der Waals surface area contributed by atoms with E-state index in [1.165, 1.54) is 12.1 Å². The van der Waals surface area contributed by atoms with E-state index in [0.717, 1.165) is 12.1 Å². The summed E-state index contributed by atoms with van der Waals surface area (Å²) in [4.78, 5) is 10.2. The summed E-state index contributed by atoms with van der Waals surface area (Å²) in [5.41, 5.74) is 0.281. The van der Waals surface area contributed by atoms with E-state index in [0.29, 0.717) is 11.6 Å². The summed E-state index contributed by atoms with van der Waals surface area (Å²) < 4.78 is 12.5. The largest absolute Gasteiger partial charge is 1.00 e. The van der Waals surface area contributed by atoms with Gasteiger partial charge in [-0.25, -0.2) is 4.39 Å².